The Kier molecular flexibility index (Phi) is 4.15. The number of nitrogens with one attached hydrogen (secondary N) is 1. The lowest BCUT2D eigenvalue weighted by atomic mass is 10.2. The Morgan fingerprint density at radius 1 is 1.05 bits per heavy atom. The molecule has 3 aromatic rings. The van der Waals surface area contributed by atoms with Gasteiger partial charge >= 0.3 is 0 Å². The molecule has 2 heterocycles. The molecule has 0 bridgehead atoms. The van der Waals surface area contributed by atoms with Crippen LogP contribution in [0.4, 0.5) is 5.13 Å². The molecule has 1 atom stereocenters. The van der Waals surface area contributed by atoms with Crippen molar-refractivity contribution in [1.29, 1.82) is 0 Å². The van der Waals surface area contributed by atoms with Gasteiger partial charge in [0.25, 0.3) is 5.89 Å². The Morgan fingerprint density at radius 2 is 1.82 bits per heavy atom. The molecule has 0 spiro atoms. The summed E-state index contributed by atoms with van der Waals surface area (Å²) < 4.78 is 9.64. The molecule has 0 aliphatic rings. The molecule has 6 nitrogen and oxygen atoms in total. The van der Waals surface area contributed by atoms with Gasteiger partial charge in [-0.3, -0.25) is 0 Å². The van der Waals surface area contributed by atoms with Crippen LogP contribution in [-0.2, 0) is 0 Å². The third kappa shape index (κ3) is 3.14. The highest BCUT2D eigenvalue weighted by atomic mass is 32.1. The summed E-state index contributed by atoms with van der Waals surface area (Å²) in [5.41, 5.74) is 0.909. The van der Waals surface area contributed by atoms with Crippen LogP contribution in [0.25, 0.3) is 11.5 Å². The van der Waals surface area contributed by atoms with E-state index in [4.69, 9.17) is 4.52 Å². The van der Waals surface area contributed by atoms with E-state index in [1.54, 1.807) is 0 Å². The number of hydrogen-bond acceptors (Lipinski definition) is 7. The molecule has 114 valence electrons. The molecular formula is C15H17N5OS. The minimum Gasteiger partial charge on any atom is -0.350 e. The summed E-state index contributed by atoms with van der Waals surface area (Å²) in [5.74, 6) is 2.28. The van der Waals surface area contributed by atoms with Gasteiger partial charge in [0.05, 0.1) is 6.04 Å². The monoisotopic (exact) mass is 315 g/mol. The van der Waals surface area contributed by atoms with Crippen LogP contribution < -0.4 is 5.32 Å². The van der Waals surface area contributed by atoms with Crippen LogP contribution >= 0.6 is 11.5 Å². The van der Waals surface area contributed by atoms with Gasteiger partial charge in [0.1, 0.15) is 5.82 Å². The molecule has 1 N–H and O–H groups in total. The van der Waals surface area contributed by atoms with Crippen molar-refractivity contribution in [2.45, 2.75) is 32.7 Å². The summed E-state index contributed by atoms with van der Waals surface area (Å²) in [7, 11) is 0. The van der Waals surface area contributed by atoms with Crippen molar-refractivity contribution >= 4 is 16.7 Å². The van der Waals surface area contributed by atoms with Gasteiger partial charge < -0.3 is 9.84 Å². The second kappa shape index (κ2) is 6.23. The molecule has 22 heavy (non-hydrogen) atoms. The maximum absolute atomic E-state index is 5.32. The van der Waals surface area contributed by atoms with E-state index in [1.165, 1.54) is 11.5 Å². The van der Waals surface area contributed by atoms with E-state index in [0.29, 0.717) is 17.6 Å². The van der Waals surface area contributed by atoms with Crippen LogP contribution in [0.1, 0.15) is 44.4 Å². The molecule has 7 heteroatoms. The zero-order chi connectivity index (χ0) is 15.5. The molecule has 0 fully saturated rings. The van der Waals surface area contributed by atoms with Crippen LogP contribution in [-0.4, -0.2) is 19.5 Å². The summed E-state index contributed by atoms with van der Waals surface area (Å²) in [5, 5.41) is 8.06. The molecule has 2 aromatic heterocycles. The maximum Gasteiger partial charge on any atom is 0.257 e. The lowest BCUT2D eigenvalue weighted by Crippen LogP contribution is -2.08. The normalized spacial score (nSPS) is 12.5. The largest absolute Gasteiger partial charge is 0.350 e. The van der Waals surface area contributed by atoms with Crippen molar-refractivity contribution in [2.75, 3.05) is 5.32 Å². The summed E-state index contributed by atoms with van der Waals surface area (Å²) >= 11 is 1.35. The van der Waals surface area contributed by atoms with E-state index in [-0.39, 0.29) is 6.04 Å². The third-order valence-corrected chi connectivity index (χ3v) is 3.81. The topological polar surface area (TPSA) is 76.7 Å². The van der Waals surface area contributed by atoms with E-state index in [1.807, 2.05) is 37.3 Å². The van der Waals surface area contributed by atoms with Crippen LogP contribution in [0, 0.1) is 0 Å². The van der Waals surface area contributed by atoms with Gasteiger partial charge in [-0.1, -0.05) is 37.2 Å². The fourth-order valence-corrected chi connectivity index (χ4v) is 2.68. The van der Waals surface area contributed by atoms with E-state index < -0.39 is 0 Å². The SMILES string of the molecule is CC(C)c1nsc(NC(C)c2noc(-c3ccccc3)n2)n1. The van der Waals surface area contributed by atoms with Gasteiger partial charge in [-0.2, -0.15) is 9.36 Å². The Bertz CT molecular complexity index is 737. The van der Waals surface area contributed by atoms with Crippen molar-refractivity contribution in [3.05, 3.63) is 42.0 Å². The highest BCUT2D eigenvalue weighted by Crippen LogP contribution is 2.23. The van der Waals surface area contributed by atoms with Crippen molar-refractivity contribution in [2.24, 2.45) is 0 Å². The van der Waals surface area contributed by atoms with Crippen molar-refractivity contribution in [1.82, 2.24) is 19.5 Å². The number of nitrogens with zero attached hydrogens (tertiary/aromatic N) is 4. The fraction of sp³-hybridized carbons (Fsp3) is 0.333. The smallest absolute Gasteiger partial charge is 0.257 e. The van der Waals surface area contributed by atoms with Gasteiger partial charge in [0.2, 0.25) is 5.13 Å². The minimum atomic E-state index is -0.103. The Morgan fingerprint density at radius 3 is 2.50 bits per heavy atom. The molecule has 0 aliphatic carbocycles. The molecule has 0 radical (unpaired) electrons. The first kappa shape index (κ1) is 14.6. The third-order valence-electron chi connectivity index (χ3n) is 3.15. The number of aromatic nitrogens is 4. The predicted octanol–water partition coefficient (Wildman–Crippen LogP) is 3.88. The van der Waals surface area contributed by atoms with Crippen LogP contribution in [0.3, 0.4) is 0 Å². The lowest BCUT2D eigenvalue weighted by molar-refractivity contribution is 0.420. The number of hydrogen-bond donors (Lipinski definition) is 1. The average molecular weight is 315 g/mol. The first-order valence-corrected chi connectivity index (χ1v) is 7.90. The first-order valence-electron chi connectivity index (χ1n) is 7.12. The van der Waals surface area contributed by atoms with E-state index in [9.17, 15) is 0 Å². The van der Waals surface area contributed by atoms with Crippen LogP contribution in [0.5, 0.6) is 0 Å². The fourth-order valence-electron chi connectivity index (χ4n) is 1.89. The Balaban J connectivity index is 1.72. The zero-order valence-electron chi connectivity index (χ0n) is 12.6. The van der Waals surface area contributed by atoms with Crippen molar-refractivity contribution in [3.8, 4) is 11.5 Å². The molecule has 0 amide bonds. The van der Waals surface area contributed by atoms with Gasteiger partial charge in [-0.05, 0) is 19.1 Å². The lowest BCUT2D eigenvalue weighted by Gasteiger charge is -2.06. The maximum atomic E-state index is 5.32. The molecule has 0 aliphatic heterocycles. The molecule has 3 rings (SSSR count). The van der Waals surface area contributed by atoms with Crippen LogP contribution in [0.15, 0.2) is 34.9 Å². The highest BCUT2D eigenvalue weighted by Gasteiger charge is 2.16. The predicted molar refractivity (Wildman–Crippen MR) is 85.8 cm³/mol. The average Bonchev–Trinajstić information content (AvgIpc) is 3.17. The summed E-state index contributed by atoms with van der Waals surface area (Å²) in [6, 6.07) is 9.61. The van der Waals surface area contributed by atoms with Crippen LogP contribution in [0.2, 0.25) is 0 Å². The van der Waals surface area contributed by atoms with Gasteiger partial charge in [0, 0.05) is 23.0 Å². The molecule has 0 saturated heterocycles. The Labute approximate surface area is 132 Å². The number of benzene rings is 1. The molecule has 1 aromatic carbocycles. The standard InChI is InChI=1S/C15H17N5OS/c1-9(2)12-18-15(22-20-12)16-10(3)13-17-14(21-19-13)11-7-5-4-6-8-11/h4-10H,1-3H3,(H,16,18,20). The summed E-state index contributed by atoms with van der Waals surface area (Å²) in [4.78, 5) is 8.88. The van der Waals surface area contributed by atoms with Crippen molar-refractivity contribution < 1.29 is 4.52 Å². The quantitative estimate of drug-likeness (QED) is 0.770. The van der Waals surface area contributed by atoms with E-state index >= 15 is 0 Å². The van der Waals surface area contributed by atoms with Gasteiger partial charge in [0.15, 0.2) is 5.82 Å². The van der Waals surface area contributed by atoms with Gasteiger partial charge in [-0.25, -0.2) is 4.98 Å². The summed E-state index contributed by atoms with van der Waals surface area (Å²) in [6.45, 7) is 6.11. The molecular weight excluding hydrogens is 298 g/mol. The first-order chi connectivity index (χ1) is 10.6. The second-order valence-corrected chi connectivity index (χ2v) is 6.05. The highest BCUT2D eigenvalue weighted by molar-refractivity contribution is 7.09. The van der Waals surface area contributed by atoms with Gasteiger partial charge in [-0.15, -0.1) is 0 Å². The Hall–Kier alpha value is -2.28. The van der Waals surface area contributed by atoms with E-state index in [0.717, 1.165) is 16.5 Å². The zero-order valence-corrected chi connectivity index (χ0v) is 13.5. The summed E-state index contributed by atoms with van der Waals surface area (Å²) in [6.07, 6.45) is 0. The minimum absolute atomic E-state index is 0.103. The number of anilines is 1. The van der Waals surface area contributed by atoms with Crippen molar-refractivity contribution in [3.63, 3.8) is 0 Å². The molecule has 1 unspecified atom stereocenters. The second-order valence-electron chi connectivity index (χ2n) is 5.30. The van der Waals surface area contributed by atoms with E-state index in [2.05, 4.69) is 38.7 Å². The number of rotatable bonds is 5. The molecule has 0 saturated carbocycles.